The van der Waals surface area contributed by atoms with Gasteiger partial charge in [-0.15, -0.1) is 11.8 Å². The number of nitrogens with one attached hydrogen (secondary N) is 2. The average Bonchev–Trinajstić information content (AvgIpc) is 2.62. The van der Waals surface area contributed by atoms with Gasteiger partial charge in [0.25, 0.3) is 5.91 Å². The second kappa shape index (κ2) is 7.86. The molecule has 5 rings (SSSR count). The van der Waals surface area contributed by atoms with Crippen LogP contribution in [0.4, 0.5) is 0 Å². The average molecular weight is 387 g/mol. The quantitative estimate of drug-likeness (QED) is 0.730. The van der Waals surface area contributed by atoms with Crippen molar-refractivity contribution in [3.05, 3.63) is 29.8 Å². The minimum absolute atomic E-state index is 0.00579. The molecular formula is C22H30N2O2S. The Hall–Kier alpha value is -1.49. The van der Waals surface area contributed by atoms with Crippen LogP contribution in [0.5, 0.6) is 0 Å². The summed E-state index contributed by atoms with van der Waals surface area (Å²) in [4.78, 5) is 25.9. The smallest absolute Gasteiger partial charge is 0.252 e. The lowest BCUT2D eigenvalue weighted by molar-refractivity contribution is -0.119. The maximum atomic E-state index is 13.1. The van der Waals surface area contributed by atoms with Crippen LogP contribution in [0.2, 0.25) is 0 Å². The van der Waals surface area contributed by atoms with Crippen LogP contribution < -0.4 is 10.6 Å². The standard InChI is InChI=1S/C22H30N2O2S/c1-13(2)23-20(25)12-27-19-6-4-3-5-18(19)22(26)24-21-16-8-14-7-15(10-16)11-17(21)9-14/h3-6,13-17,21H,7-12H2,1-2H3,(H,23,25)(H,24,26). The molecule has 4 bridgehead atoms. The van der Waals surface area contributed by atoms with Crippen molar-refractivity contribution >= 4 is 23.6 Å². The minimum Gasteiger partial charge on any atom is -0.353 e. The number of rotatable bonds is 6. The summed E-state index contributed by atoms with van der Waals surface area (Å²) in [5, 5.41) is 6.29. The Morgan fingerprint density at radius 2 is 1.67 bits per heavy atom. The number of thioether (sulfide) groups is 1. The molecule has 146 valence electrons. The highest BCUT2D eigenvalue weighted by molar-refractivity contribution is 8.00. The highest BCUT2D eigenvalue weighted by Crippen LogP contribution is 2.53. The summed E-state index contributed by atoms with van der Waals surface area (Å²) in [6.45, 7) is 3.91. The summed E-state index contributed by atoms with van der Waals surface area (Å²) in [6.07, 6.45) is 6.60. The van der Waals surface area contributed by atoms with Gasteiger partial charge >= 0.3 is 0 Å². The molecule has 0 aromatic heterocycles. The Bertz CT molecular complexity index is 690. The molecule has 0 spiro atoms. The molecule has 4 saturated carbocycles. The van der Waals surface area contributed by atoms with Gasteiger partial charge in [0, 0.05) is 17.0 Å². The number of benzene rings is 1. The van der Waals surface area contributed by atoms with Gasteiger partial charge in [0.15, 0.2) is 0 Å². The first-order valence-electron chi connectivity index (χ1n) is 10.3. The molecule has 4 nitrogen and oxygen atoms in total. The number of amides is 2. The fourth-order valence-electron chi connectivity index (χ4n) is 5.68. The van der Waals surface area contributed by atoms with Crippen molar-refractivity contribution in [2.24, 2.45) is 23.7 Å². The third-order valence-corrected chi connectivity index (χ3v) is 7.54. The van der Waals surface area contributed by atoms with Crippen molar-refractivity contribution in [1.29, 1.82) is 0 Å². The number of carbonyl (C=O) groups is 2. The Morgan fingerprint density at radius 3 is 2.30 bits per heavy atom. The molecule has 4 aliphatic carbocycles. The van der Waals surface area contributed by atoms with E-state index < -0.39 is 0 Å². The zero-order chi connectivity index (χ0) is 19.0. The third-order valence-electron chi connectivity index (χ3n) is 6.46. The molecule has 27 heavy (non-hydrogen) atoms. The van der Waals surface area contributed by atoms with Gasteiger partial charge in [-0.25, -0.2) is 0 Å². The van der Waals surface area contributed by atoms with Crippen LogP contribution in [-0.4, -0.2) is 29.7 Å². The summed E-state index contributed by atoms with van der Waals surface area (Å²) < 4.78 is 0. The Morgan fingerprint density at radius 1 is 1.04 bits per heavy atom. The van der Waals surface area contributed by atoms with E-state index in [1.54, 1.807) is 0 Å². The van der Waals surface area contributed by atoms with Gasteiger partial charge in [-0.3, -0.25) is 9.59 Å². The molecule has 0 radical (unpaired) electrons. The fraction of sp³-hybridized carbons (Fsp3) is 0.636. The first kappa shape index (κ1) is 18.9. The van der Waals surface area contributed by atoms with Crippen LogP contribution in [0.1, 0.15) is 56.3 Å². The van der Waals surface area contributed by atoms with Gasteiger partial charge in [0.1, 0.15) is 0 Å². The normalized spacial score (nSPS) is 31.1. The molecule has 4 aliphatic rings. The van der Waals surface area contributed by atoms with Crippen LogP contribution in [0.3, 0.4) is 0 Å². The minimum atomic E-state index is 0.00579. The second-order valence-corrected chi connectivity index (χ2v) is 9.95. The lowest BCUT2D eigenvalue weighted by Gasteiger charge is -2.54. The van der Waals surface area contributed by atoms with E-state index in [1.807, 2.05) is 38.1 Å². The van der Waals surface area contributed by atoms with E-state index in [0.29, 0.717) is 29.2 Å². The van der Waals surface area contributed by atoms with Gasteiger partial charge in [0.2, 0.25) is 5.91 Å². The van der Waals surface area contributed by atoms with Crippen LogP contribution in [0.25, 0.3) is 0 Å². The van der Waals surface area contributed by atoms with Gasteiger partial charge in [-0.05, 0) is 81.8 Å². The summed E-state index contributed by atoms with van der Waals surface area (Å²) in [6, 6.07) is 8.14. The first-order chi connectivity index (χ1) is 13.0. The Balaban J connectivity index is 1.41. The predicted octanol–water partition coefficient (Wildman–Crippen LogP) is 3.86. The SMILES string of the molecule is CC(C)NC(=O)CSc1ccccc1C(=O)NC1C2CC3CC(C2)CC1C3. The van der Waals surface area contributed by atoms with Gasteiger partial charge in [-0.1, -0.05) is 12.1 Å². The largest absolute Gasteiger partial charge is 0.353 e. The summed E-state index contributed by atoms with van der Waals surface area (Å²) >= 11 is 1.44. The molecule has 0 saturated heterocycles. The maximum absolute atomic E-state index is 13.1. The summed E-state index contributed by atoms with van der Waals surface area (Å²) in [5.74, 6) is 3.52. The summed E-state index contributed by atoms with van der Waals surface area (Å²) in [7, 11) is 0. The summed E-state index contributed by atoms with van der Waals surface area (Å²) in [5.41, 5.74) is 0.702. The van der Waals surface area contributed by atoms with Gasteiger partial charge in [0.05, 0.1) is 11.3 Å². The highest BCUT2D eigenvalue weighted by atomic mass is 32.2. The molecule has 0 atom stereocenters. The molecule has 0 aliphatic heterocycles. The lowest BCUT2D eigenvalue weighted by atomic mass is 9.54. The molecule has 4 fully saturated rings. The lowest BCUT2D eigenvalue weighted by Crippen LogP contribution is -2.55. The van der Waals surface area contributed by atoms with E-state index in [4.69, 9.17) is 0 Å². The third kappa shape index (κ3) is 4.18. The fourth-order valence-corrected chi connectivity index (χ4v) is 6.54. The molecule has 1 aromatic carbocycles. The molecule has 0 unspecified atom stereocenters. The van der Waals surface area contributed by atoms with E-state index >= 15 is 0 Å². The maximum Gasteiger partial charge on any atom is 0.252 e. The van der Waals surface area contributed by atoms with E-state index in [1.165, 1.54) is 43.9 Å². The van der Waals surface area contributed by atoms with E-state index in [0.717, 1.165) is 16.7 Å². The monoisotopic (exact) mass is 386 g/mol. The Kier molecular flexibility index (Phi) is 5.49. The van der Waals surface area contributed by atoms with E-state index in [2.05, 4.69) is 10.6 Å². The molecule has 5 heteroatoms. The van der Waals surface area contributed by atoms with Crippen LogP contribution in [0.15, 0.2) is 29.2 Å². The Labute approximate surface area is 166 Å². The second-order valence-electron chi connectivity index (χ2n) is 8.94. The number of carbonyl (C=O) groups excluding carboxylic acids is 2. The van der Waals surface area contributed by atoms with E-state index in [9.17, 15) is 9.59 Å². The van der Waals surface area contributed by atoms with Crippen molar-refractivity contribution in [2.45, 2.75) is 62.9 Å². The van der Waals surface area contributed by atoms with Gasteiger partial charge < -0.3 is 10.6 Å². The predicted molar refractivity (Wildman–Crippen MR) is 109 cm³/mol. The number of hydrogen-bond acceptors (Lipinski definition) is 3. The van der Waals surface area contributed by atoms with Crippen molar-refractivity contribution < 1.29 is 9.59 Å². The van der Waals surface area contributed by atoms with Crippen LogP contribution in [-0.2, 0) is 4.79 Å². The molecule has 1 aromatic rings. The van der Waals surface area contributed by atoms with Crippen molar-refractivity contribution in [3.8, 4) is 0 Å². The van der Waals surface area contributed by atoms with E-state index in [-0.39, 0.29) is 17.9 Å². The molecular weight excluding hydrogens is 356 g/mol. The first-order valence-corrected chi connectivity index (χ1v) is 11.3. The molecule has 2 N–H and O–H groups in total. The van der Waals surface area contributed by atoms with Crippen molar-refractivity contribution in [3.63, 3.8) is 0 Å². The van der Waals surface area contributed by atoms with Crippen LogP contribution in [0, 0.1) is 23.7 Å². The van der Waals surface area contributed by atoms with Crippen molar-refractivity contribution in [1.82, 2.24) is 10.6 Å². The zero-order valence-corrected chi connectivity index (χ0v) is 17.1. The van der Waals surface area contributed by atoms with Crippen molar-refractivity contribution in [2.75, 3.05) is 5.75 Å². The van der Waals surface area contributed by atoms with Gasteiger partial charge in [-0.2, -0.15) is 0 Å². The molecule has 0 heterocycles. The number of hydrogen-bond donors (Lipinski definition) is 2. The highest BCUT2D eigenvalue weighted by Gasteiger charge is 2.48. The molecule has 2 amide bonds. The van der Waals surface area contributed by atoms with Crippen LogP contribution >= 0.6 is 11.8 Å². The zero-order valence-electron chi connectivity index (χ0n) is 16.2. The topological polar surface area (TPSA) is 58.2 Å².